The molecule has 1 aliphatic carbocycles. The fraction of sp³-hybridized carbons (Fsp3) is 0.654. The summed E-state index contributed by atoms with van der Waals surface area (Å²) in [6, 6.07) is 4.92. The van der Waals surface area contributed by atoms with Crippen LogP contribution in [0.1, 0.15) is 70.0 Å². The largest absolute Gasteiger partial charge is 0.511 e. The molecule has 0 aromatic heterocycles. The van der Waals surface area contributed by atoms with Crippen molar-refractivity contribution in [1.82, 2.24) is 26.0 Å². The third-order valence-corrected chi connectivity index (χ3v) is 8.10. The summed E-state index contributed by atoms with van der Waals surface area (Å²) in [5, 5.41) is 11.2. The second kappa shape index (κ2) is 14.8. The zero-order valence-corrected chi connectivity index (χ0v) is 24.0. The van der Waals surface area contributed by atoms with Gasteiger partial charge < -0.3 is 21.3 Å². The average Bonchev–Trinajstić information content (AvgIpc) is 2.89. The number of benzene rings is 1. The Morgan fingerprint density at radius 3 is 2.30 bits per heavy atom. The van der Waals surface area contributed by atoms with Gasteiger partial charge in [-0.05, 0) is 69.5 Å². The van der Waals surface area contributed by atoms with Crippen molar-refractivity contribution in [1.29, 1.82) is 0 Å². The first-order chi connectivity index (χ1) is 18.7. The number of hydrogen-bond donors (Lipinski definition) is 5. The number of aryl methyl sites for hydroxylation is 1. The molecule has 0 saturated heterocycles. The molecule has 5 N–H and O–H groups in total. The lowest BCUT2D eigenvalue weighted by Gasteiger charge is -2.30. The maximum absolute atomic E-state index is 13.4. The summed E-state index contributed by atoms with van der Waals surface area (Å²) in [6.45, 7) is 4.65. The molecule has 1 aromatic rings. The molecule has 0 saturated carbocycles. The Labute approximate surface area is 233 Å². The molecule has 10 nitrogen and oxygen atoms in total. The van der Waals surface area contributed by atoms with Crippen LogP contribution in [0.2, 0.25) is 0 Å². The molecule has 226 valence electrons. The number of unbranched alkanes of at least 4 members (excludes halogenated alkanes) is 1. The number of alkyl halides is 3. The third kappa shape index (κ3) is 9.44. The van der Waals surface area contributed by atoms with Gasteiger partial charge >= 0.3 is 15.5 Å². The van der Waals surface area contributed by atoms with E-state index in [1.54, 1.807) is 27.8 Å². The molecule has 2 rings (SSSR count). The van der Waals surface area contributed by atoms with E-state index >= 15 is 0 Å². The summed E-state index contributed by atoms with van der Waals surface area (Å²) in [5.41, 5.74) is -3.30. The fourth-order valence-electron chi connectivity index (χ4n) is 4.41. The predicted molar refractivity (Wildman–Crippen MR) is 144 cm³/mol. The van der Waals surface area contributed by atoms with Gasteiger partial charge in [0.15, 0.2) is 0 Å². The fourth-order valence-corrected chi connectivity index (χ4v) is 4.99. The number of carbonyl (C=O) groups is 3. The monoisotopic (exact) mass is 591 g/mol. The van der Waals surface area contributed by atoms with Crippen molar-refractivity contribution < 1.29 is 36.0 Å². The van der Waals surface area contributed by atoms with Gasteiger partial charge in [0.25, 0.3) is 0 Å². The Morgan fingerprint density at radius 1 is 1.00 bits per heavy atom. The molecule has 40 heavy (non-hydrogen) atoms. The van der Waals surface area contributed by atoms with E-state index < -0.39 is 57.9 Å². The molecule has 14 heteroatoms. The Bertz CT molecular complexity index is 1130. The third-order valence-electron chi connectivity index (χ3n) is 6.91. The summed E-state index contributed by atoms with van der Waals surface area (Å²) >= 11 is 0. The maximum Gasteiger partial charge on any atom is 0.511 e. The summed E-state index contributed by atoms with van der Waals surface area (Å²) in [4.78, 5) is 39.0. The van der Waals surface area contributed by atoms with Crippen LogP contribution < -0.4 is 26.0 Å². The maximum atomic E-state index is 13.4. The zero-order valence-electron chi connectivity index (χ0n) is 23.2. The van der Waals surface area contributed by atoms with Crippen LogP contribution in [0, 0.1) is 5.92 Å². The average molecular weight is 592 g/mol. The van der Waals surface area contributed by atoms with Gasteiger partial charge in [-0.3, -0.25) is 14.4 Å². The van der Waals surface area contributed by atoms with E-state index in [1.165, 1.54) is 4.72 Å². The Morgan fingerprint density at radius 2 is 1.68 bits per heavy atom. The quantitative estimate of drug-likeness (QED) is 0.209. The van der Waals surface area contributed by atoms with Crippen molar-refractivity contribution in [3.05, 3.63) is 35.4 Å². The lowest BCUT2D eigenvalue weighted by molar-refractivity contribution is -0.133. The molecule has 4 unspecified atom stereocenters. The van der Waals surface area contributed by atoms with Crippen molar-refractivity contribution in [3.8, 4) is 0 Å². The molecular formula is C26H40F3N5O5S. The van der Waals surface area contributed by atoms with Gasteiger partial charge in [0.05, 0.1) is 12.1 Å². The molecule has 0 heterocycles. The van der Waals surface area contributed by atoms with E-state index in [4.69, 9.17) is 0 Å². The molecule has 1 aliphatic rings. The van der Waals surface area contributed by atoms with E-state index in [9.17, 15) is 36.0 Å². The first-order valence-electron chi connectivity index (χ1n) is 13.4. The van der Waals surface area contributed by atoms with Crippen LogP contribution in [-0.4, -0.2) is 63.4 Å². The molecule has 0 fully saturated rings. The van der Waals surface area contributed by atoms with Gasteiger partial charge in [0.1, 0.15) is 12.1 Å². The van der Waals surface area contributed by atoms with Gasteiger partial charge in [-0.25, -0.2) is 13.1 Å². The van der Waals surface area contributed by atoms with E-state index in [-0.39, 0.29) is 31.2 Å². The summed E-state index contributed by atoms with van der Waals surface area (Å²) in [7, 11) is -3.86. The number of carbonyl (C=O) groups excluding carboxylic acids is 3. The molecule has 1 aromatic carbocycles. The minimum Gasteiger partial charge on any atom is -0.348 e. The molecule has 0 spiro atoms. The van der Waals surface area contributed by atoms with Crippen LogP contribution in [0.5, 0.6) is 0 Å². The van der Waals surface area contributed by atoms with Gasteiger partial charge in [-0.2, -0.15) is 13.2 Å². The van der Waals surface area contributed by atoms with Crippen molar-refractivity contribution in [2.45, 2.75) is 89.0 Å². The highest BCUT2D eigenvalue weighted by Gasteiger charge is 2.45. The number of amides is 3. The van der Waals surface area contributed by atoms with E-state index in [0.29, 0.717) is 6.42 Å². The molecule has 4 atom stereocenters. The van der Waals surface area contributed by atoms with Crippen molar-refractivity contribution in [2.24, 2.45) is 5.92 Å². The van der Waals surface area contributed by atoms with E-state index in [0.717, 1.165) is 24.0 Å². The molecule has 0 aliphatic heterocycles. The van der Waals surface area contributed by atoms with Gasteiger partial charge in [-0.1, -0.05) is 38.1 Å². The van der Waals surface area contributed by atoms with Crippen LogP contribution in [0.25, 0.3) is 0 Å². The second-order valence-electron chi connectivity index (χ2n) is 10.3. The minimum absolute atomic E-state index is 0.00521. The normalized spacial score (nSPS) is 17.9. The smallest absolute Gasteiger partial charge is 0.348 e. The van der Waals surface area contributed by atoms with Crippen molar-refractivity contribution >= 4 is 27.7 Å². The number of halogens is 3. The topological polar surface area (TPSA) is 146 Å². The SMILES string of the molecule is CNC(C)C(=O)NC(C(=O)NC(CCCCNS(=O)(=O)C(F)(F)F)C(=O)NC1CCCc2ccccc21)C(C)C. The standard InChI is InChI=1S/C26H40F3N5O5S/c1-16(2)22(34-23(35)17(3)30-4)25(37)33-21(13-7-8-15-31-40(38,39)26(27,28)29)24(36)32-20-14-9-11-18-10-5-6-12-19(18)20/h5-6,10,12,16-17,20-22,30-31H,7-9,11,13-15H2,1-4H3,(H,32,36)(H,33,37)(H,34,35). The van der Waals surface area contributed by atoms with E-state index in [2.05, 4.69) is 21.3 Å². The van der Waals surface area contributed by atoms with Gasteiger partial charge in [0.2, 0.25) is 17.7 Å². The summed E-state index contributed by atoms with van der Waals surface area (Å²) < 4.78 is 61.6. The highest BCUT2D eigenvalue weighted by molar-refractivity contribution is 7.90. The molecule has 0 bridgehead atoms. The number of nitrogens with one attached hydrogen (secondary N) is 5. The first-order valence-corrected chi connectivity index (χ1v) is 14.9. The van der Waals surface area contributed by atoms with Gasteiger partial charge in [-0.15, -0.1) is 0 Å². The second-order valence-corrected chi connectivity index (χ2v) is 12.1. The van der Waals surface area contributed by atoms with E-state index in [1.807, 2.05) is 24.3 Å². The highest BCUT2D eigenvalue weighted by Crippen LogP contribution is 2.29. The minimum atomic E-state index is -5.47. The van der Waals surface area contributed by atoms with Crippen LogP contribution in [-0.2, 0) is 30.8 Å². The number of rotatable bonds is 14. The van der Waals surface area contributed by atoms with Crippen molar-refractivity contribution in [3.63, 3.8) is 0 Å². The number of fused-ring (bicyclic) bond motifs is 1. The molecule has 0 radical (unpaired) electrons. The summed E-state index contributed by atoms with van der Waals surface area (Å²) in [5.74, 6) is -1.75. The van der Waals surface area contributed by atoms with Crippen LogP contribution >= 0.6 is 0 Å². The van der Waals surface area contributed by atoms with Crippen LogP contribution in [0.15, 0.2) is 24.3 Å². The first kappa shape index (κ1) is 33.5. The predicted octanol–water partition coefficient (Wildman–Crippen LogP) is 2.02. The zero-order chi connectivity index (χ0) is 30.1. The number of hydrogen-bond acceptors (Lipinski definition) is 6. The number of likely N-dealkylation sites (N-methyl/N-ethyl adjacent to an activating group) is 1. The van der Waals surface area contributed by atoms with Crippen LogP contribution in [0.4, 0.5) is 13.2 Å². The Kier molecular flexibility index (Phi) is 12.4. The lowest BCUT2D eigenvalue weighted by Crippen LogP contribution is -2.57. The molecule has 3 amide bonds. The highest BCUT2D eigenvalue weighted by atomic mass is 32.2. The molecular weight excluding hydrogens is 551 g/mol. The number of sulfonamides is 1. The Hall–Kier alpha value is -2.71. The lowest BCUT2D eigenvalue weighted by atomic mass is 9.87. The summed E-state index contributed by atoms with van der Waals surface area (Å²) in [6.07, 6.45) is 2.65. The Balaban J connectivity index is 2.13. The van der Waals surface area contributed by atoms with Crippen LogP contribution in [0.3, 0.4) is 0 Å². The van der Waals surface area contributed by atoms with Crippen molar-refractivity contribution in [2.75, 3.05) is 13.6 Å². The van der Waals surface area contributed by atoms with Gasteiger partial charge in [0, 0.05) is 6.54 Å².